The minimum Gasteiger partial charge on any atom is -0.619 e. The molecule has 6 nitrogen and oxygen atoms in total. The average Bonchev–Trinajstić information content (AvgIpc) is 2.55. The summed E-state index contributed by atoms with van der Waals surface area (Å²) in [7, 11) is 0. The maximum atomic E-state index is 12.4. The topological polar surface area (TPSA) is 68.5 Å². The molecule has 2 unspecified atom stereocenters. The first-order valence-corrected chi connectivity index (χ1v) is 8.02. The Labute approximate surface area is 141 Å². The lowest BCUT2D eigenvalue weighted by molar-refractivity contribution is -0.605. The molecule has 0 radical (unpaired) electrons. The van der Waals surface area contributed by atoms with E-state index in [1.807, 2.05) is 38.1 Å². The van der Waals surface area contributed by atoms with E-state index in [0.717, 1.165) is 24.5 Å². The van der Waals surface area contributed by atoms with Gasteiger partial charge in [-0.2, -0.15) is 4.73 Å². The van der Waals surface area contributed by atoms with Crippen molar-refractivity contribution in [2.75, 3.05) is 23.3 Å². The van der Waals surface area contributed by atoms with E-state index < -0.39 is 0 Å². The summed E-state index contributed by atoms with van der Waals surface area (Å²) in [6.07, 6.45) is 2.90. The Morgan fingerprint density at radius 1 is 1.17 bits per heavy atom. The van der Waals surface area contributed by atoms with Crippen LogP contribution in [0.3, 0.4) is 0 Å². The maximum absolute atomic E-state index is 12.4. The minimum atomic E-state index is -0.239. The molecule has 0 aliphatic carbocycles. The number of pyridine rings is 1. The summed E-state index contributed by atoms with van der Waals surface area (Å²) in [5.74, 6) is -0.239. The highest BCUT2D eigenvalue weighted by Gasteiger charge is 2.24. The van der Waals surface area contributed by atoms with Gasteiger partial charge in [0.1, 0.15) is 0 Å². The molecule has 1 amide bonds. The van der Waals surface area contributed by atoms with Gasteiger partial charge in [-0.15, -0.1) is 0 Å². The van der Waals surface area contributed by atoms with E-state index in [0.29, 0.717) is 10.3 Å². The van der Waals surface area contributed by atoms with Crippen LogP contribution < -0.4 is 14.9 Å². The van der Waals surface area contributed by atoms with E-state index in [2.05, 4.69) is 10.2 Å². The smallest absolute Gasteiger partial charge is 0.256 e. The summed E-state index contributed by atoms with van der Waals surface area (Å²) in [6, 6.07) is 10.7. The van der Waals surface area contributed by atoms with Gasteiger partial charge in [0.15, 0.2) is 12.4 Å². The number of carbonyl (C=O) groups is 1. The minimum absolute atomic E-state index is 0.138. The lowest BCUT2D eigenvalue weighted by Gasteiger charge is -2.37. The monoisotopic (exact) mass is 327 g/mol. The molecular weight excluding hydrogens is 306 g/mol. The van der Waals surface area contributed by atoms with E-state index in [4.69, 9.17) is 4.74 Å². The highest BCUT2D eigenvalue weighted by molar-refractivity contribution is 6.05. The first-order valence-electron chi connectivity index (χ1n) is 8.02. The van der Waals surface area contributed by atoms with Crippen molar-refractivity contribution in [3.05, 3.63) is 59.6 Å². The molecule has 2 atom stereocenters. The second kappa shape index (κ2) is 6.88. The number of ether oxygens (including phenoxy) is 1. The molecule has 1 N–H and O–H groups in total. The predicted molar refractivity (Wildman–Crippen MR) is 92.0 cm³/mol. The lowest BCUT2D eigenvalue weighted by Crippen LogP contribution is -2.45. The third-order valence-electron chi connectivity index (χ3n) is 3.98. The SMILES string of the molecule is CC1CN(c2ccccc2NC(=O)c2cc[n+]([O-])cc2)CC(C)O1. The third-order valence-corrected chi connectivity index (χ3v) is 3.98. The van der Waals surface area contributed by atoms with E-state index in [1.165, 1.54) is 24.5 Å². The van der Waals surface area contributed by atoms with E-state index >= 15 is 0 Å². The van der Waals surface area contributed by atoms with Crippen LogP contribution in [0.4, 0.5) is 11.4 Å². The molecular formula is C18H21N3O3. The van der Waals surface area contributed by atoms with Gasteiger partial charge >= 0.3 is 0 Å². The number of aromatic nitrogens is 1. The number of carbonyl (C=O) groups excluding carboxylic acids is 1. The van der Waals surface area contributed by atoms with Crippen LogP contribution in [0.2, 0.25) is 0 Å². The second-order valence-corrected chi connectivity index (χ2v) is 6.08. The number of nitrogens with zero attached hydrogens (tertiary/aromatic N) is 2. The molecule has 0 bridgehead atoms. The Hall–Kier alpha value is -2.60. The van der Waals surface area contributed by atoms with Gasteiger partial charge in [-0.25, -0.2) is 0 Å². The Morgan fingerprint density at radius 2 is 1.79 bits per heavy atom. The highest BCUT2D eigenvalue weighted by atomic mass is 16.5. The van der Waals surface area contributed by atoms with Crippen LogP contribution in [0, 0.1) is 5.21 Å². The molecule has 1 saturated heterocycles. The summed E-state index contributed by atoms with van der Waals surface area (Å²) < 4.78 is 6.43. The number of amides is 1. The summed E-state index contributed by atoms with van der Waals surface area (Å²) in [4.78, 5) is 14.7. The molecule has 3 rings (SSSR count). The molecule has 2 aromatic rings. The van der Waals surface area contributed by atoms with Crippen LogP contribution in [0.5, 0.6) is 0 Å². The molecule has 1 aromatic carbocycles. The zero-order valence-electron chi connectivity index (χ0n) is 13.8. The number of benzene rings is 1. The largest absolute Gasteiger partial charge is 0.619 e. The number of morpholine rings is 1. The fourth-order valence-corrected chi connectivity index (χ4v) is 2.99. The van der Waals surface area contributed by atoms with Crippen LogP contribution in [0.15, 0.2) is 48.8 Å². The number of anilines is 2. The third kappa shape index (κ3) is 3.65. The molecule has 6 heteroatoms. The zero-order chi connectivity index (χ0) is 17.1. The van der Waals surface area contributed by atoms with Gasteiger partial charge in [0.05, 0.1) is 29.1 Å². The van der Waals surface area contributed by atoms with Gasteiger partial charge in [0.2, 0.25) is 0 Å². The second-order valence-electron chi connectivity index (χ2n) is 6.08. The average molecular weight is 327 g/mol. The Morgan fingerprint density at radius 3 is 2.46 bits per heavy atom. The van der Waals surface area contributed by atoms with Crippen LogP contribution in [0.25, 0.3) is 0 Å². The maximum Gasteiger partial charge on any atom is 0.256 e. The van der Waals surface area contributed by atoms with Crippen LogP contribution >= 0.6 is 0 Å². The van der Waals surface area contributed by atoms with Gasteiger partial charge in [-0.3, -0.25) is 4.79 Å². The summed E-state index contributed by atoms with van der Waals surface area (Å²) in [5, 5.41) is 14.0. The van der Waals surface area contributed by atoms with Crippen molar-refractivity contribution in [2.45, 2.75) is 26.1 Å². The molecule has 1 aromatic heterocycles. The number of rotatable bonds is 3. The predicted octanol–water partition coefficient (Wildman–Crippen LogP) is 2.19. The standard InChI is InChI=1S/C18H21N3O3/c1-13-11-20(12-14(2)24-13)17-6-4-3-5-16(17)19-18(22)15-7-9-21(23)10-8-15/h3-10,13-14H,11-12H2,1-2H3,(H,19,22). The first-order chi connectivity index (χ1) is 11.5. The summed E-state index contributed by atoms with van der Waals surface area (Å²) in [5.41, 5.74) is 2.17. The van der Waals surface area contributed by atoms with Crippen LogP contribution in [0.1, 0.15) is 24.2 Å². The number of para-hydroxylation sites is 2. The molecule has 1 aliphatic rings. The van der Waals surface area contributed by atoms with Gasteiger partial charge in [0.25, 0.3) is 5.91 Å². The fraction of sp³-hybridized carbons (Fsp3) is 0.333. The molecule has 126 valence electrons. The van der Waals surface area contributed by atoms with Crippen molar-refractivity contribution >= 4 is 17.3 Å². The van der Waals surface area contributed by atoms with Crippen LogP contribution in [-0.2, 0) is 4.74 Å². The van der Waals surface area contributed by atoms with Crippen molar-refractivity contribution in [3.8, 4) is 0 Å². The number of hydrogen-bond acceptors (Lipinski definition) is 4. The Balaban J connectivity index is 1.81. The van der Waals surface area contributed by atoms with Gasteiger partial charge in [0, 0.05) is 25.2 Å². The van der Waals surface area contributed by atoms with Crippen molar-refractivity contribution in [3.63, 3.8) is 0 Å². The van der Waals surface area contributed by atoms with Crippen molar-refractivity contribution < 1.29 is 14.3 Å². The van der Waals surface area contributed by atoms with Crippen LogP contribution in [-0.4, -0.2) is 31.2 Å². The molecule has 2 heterocycles. The van der Waals surface area contributed by atoms with E-state index in [9.17, 15) is 10.0 Å². The van der Waals surface area contributed by atoms with E-state index in [1.54, 1.807) is 0 Å². The van der Waals surface area contributed by atoms with Gasteiger partial charge in [-0.05, 0) is 26.0 Å². The van der Waals surface area contributed by atoms with Crippen molar-refractivity contribution in [2.24, 2.45) is 0 Å². The Bertz CT molecular complexity index is 708. The molecule has 1 aliphatic heterocycles. The summed E-state index contributed by atoms with van der Waals surface area (Å²) in [6.45, 7) is 5.65. The zero-order valence-corrected chi connectivity index (χ0v) is 13.8. The Kier molecular flexibility index (Phi) is 4.66. The fourth-order valence-electron chi connectivity index (χ4n) is 2.99. The molecule has 24 heavy (non-hydrogen) atoms. The molecule has 0 spiro atoms. The normalized spacial score (nSPS) is 20.7. The van der Waals surface area contributed by atoms with Gasteiger partial charge in [-0.1, -0.05) is 12.1 Å². The first kappa shape index (κ1) is 16.3. The molecule has 1 fully saturated rings. The molecule has 0 saturated carbocycles. The summed E-state index contributed by atoms with van der Waals surface area (Å²) >= 11 is 0. The highest BCUT2D eigenvalue weighted by Crippen LogP contribution is 2.28. The van der Waals surface area contributed by atoms with Crippen molar-refractivity contribution in [1.82, 2.24) is 0 Å². The van der Waals surface area contributed by atoms with E-state index in [-0.39, 0.29) is 18.1 Å². The number of hydrogen-bond donors (Lipinski definition) is 1. The van der Waals surface area contributed by atoms with Gasteiger partial charge < -0.3 is 20.2 Å². The quantitative estimate of drug-likeness (QED) is 0.693. The number of nitrogens with one attached hydrogen (secondary N) is 1. The van der Waals surface area contributed by atoms with Crippen molar-refractivity contribution in [1.29, 1.82) is 0 Å². The lowest BCUT2D eigenvalue weighted by atomic mass is 10.1.